The zero-order valence-electron chi connectivity index (χ0n) is 18.7. The number of hydrogen-bond acceptors (Lipinski definition) is 6. The van der Waals surface area contributed by atoms with E-state index in [1.165, 1.54) is 0 Å². The second kappa shape index (κ2) is 8.94. The SMILES string of the molecule is COc1cccc(C2CC(=O)C3=C(C2)NC(=O)CC3c2cc(OC)c(OC)cc2OC)c1. The van der Waals surface area contributed by atoms with Gasteiger partial charge in [0, 0.05) is 41.7 Å². The molecule has 2 aromatic rings. The molecular formula is C25H27NO6. The van der Waals surface area contributed by atoms with Crippen molar-refractivity contribution in [1.82, 2.24) is 5.32 Å². The molecule has 0 saturated heterocycles. The van der Waals surface area contributed by atoms with Crippen LogP contribution in [0.15, 0.2) is 47.7 Å². The van der Waals surface area contributed by atoms with Crippen LogP contribution in [-0.2, 0) is 9.59 Å². The van der Waals surface area contributed by atoms with Crippen molar-refractivity contribution < 1.29 is 28.5 Å². The molecule has 0 aromatic heterocycles. The second-order valence-electron chi connectivity index (χ2n) is 7.95. The third kappa shape index (κ3) is 3.90. The molecule has 7 nitrogen and oxygen atoms in total. The van der Waals surface area contributed by atoms with Crippen LogP contribution >= 0.6 is 0 Å². The summed E-state index contributed by atoms with van der Waals surface area (Å²) in [5.41, 5.74) is 3.09. The van der Waals surface area contributed by atoms with Crippen LogP contribution in [0.1, 0.15) is 42.2 Å². The van der Waals surface area contributed by atoms with E-state index in [0.717, 1.165) is 16.9 Å². The maximum atomic E-state index is 13.4. The van der Waals surface area contributed by atoms with Crippen LogP contribution in [0.4, 0.5) is 0 Å². The minimum Gasteiger partial charge on any atom is -0.497 e. The fourth-order valence-electron chi connectivity index (χ4n) is 4.68. The van der Waals surface area contributed by atoms with Crippen LogP contribution in [0.2, 0.25) is 0 Å². The summed E-state index contributed by atoms with van der Waals surface area (Å²) in [7, 11) is 6.28. The Labute approximate surface area is 187 Å². The molecule has 0 saturated carbocycles. The molecule has 0 spiro atoms. The summed E-state index contributed by atoms with van der Waals surface area (Å²) < 4.78 is 21.8. The number of hydrogen-bond donors (Lipinski definition) is 1. The standard InChI is InChI=1S/C25H27NO6/c1-29-16-7-5-6-14(8-16)15-9-19-25(20(27)10-15)18(12-24(28)26-19)17-11-22(31-3)23(32-4)13-21(17)30-2/h5-8,11,13,15,18H,9-10,12H2,1-4H3,(H,26,28). The van der Waals surface area contributed by atoms with Crippen molar-refractivity contribution in [1.29, 1.82) is 0 Å². The van der Waals surface area contributed by atoms with Gasteiger partial charge in [0.1, 0.15) is 11.5 Å². The molecule has 4 rings (SSSR count). The lowest BCUT2D eigenvalue weighted by molar-refractivity contribution is -0.122. The van der Waals surface area contributed by atoms with Gasteiger partial charge in [-0.15, -0.1) is 0 Å². The highest BCUT2D eigenvalue weighted by molar-refractivity contribution is 6.02. The van der Waals surface area contributed by atoms with Crippen LogP contribution in [0, 0.1) is 0 Å². The van der Waals surface area contributed by atoms with Gasteiger partial charge in [-0.25, -0.2) is 0 Å². The zero-order chi connectivity index (χ0) is 22.8. The predicted octanol–water partition coefficient (Wildman–Crippen LogP) is 3.73. The van der Waals surface area contributed by atoms with E-state index in [1.54, 1.807) is 40.6 Å². The van der Waals surface area contributed by atoms with E-state index in [-0.39, 0.29) is 24.0 Å². The van der Waals surface area contributed by atoms with E-state index in [1.807, 2.05) is 24.3 Å². The number of ether oxygens (including phenoxy) is 4. The molecule has 1 amide bonds. The lowest BCUT2D eigenvalue weighted by atomic mass is 9.73. The fourth-order valence-corrected chi connectivity index (χ4v) is 4.68. The first-order valence-electron chi connectivity index (χ1n) is 10.5. The molecule has 2 aliphatic rings. The smallest absolute Gasteiger partial charge is 0.225 e. The molecule has 0 radical (unpaired) electrons. The Balaban J connectivity index is 1.76. The van der Waals surface area contributed by atoms with E-state index in [0.29, 0.717) is 41.4 Å². The number of carbonyl (C=O) groups is 2. The van der Waals surface area contributed by atoms with Crippen LogP contribution in [0.3, 0.4) is 0 Å². The third-order valence-corrected chi connectivity index (χ3v) is 6.21. The molecule has 0 bridgehead atoms. The molecule has 1 aliphatic carbocycles. The van der Waals surface area contributed by atoms with Crippen molar-refractivity contribution in [2.45, 2.75) is 31.1 Å². The largest absolute Gasteiger partial charge is 0.497 e. The average molecular weight is 437 g/mol. The minimum atomic E-state index is -0.410. The maximum Gasteiger partial charge on any atom is 0.225 e. The number of allylic oxidation sites excluding steroid dienone is 2. The van der Waals surface area contributed by atoms with Gasteiger partial charge in [-0.2, -0.15) is 0 Å². The number of nitrogens with one attached hydrogen (secondary N) is 1. The number of ketones is 1. The summed E-state index contributed by atoms with van der Waals surface area (Å²) in [6.07, 6.45) is 1.11. The van der Waals surface area contributed by atoms with Crippen molar-refractivity contribution in [2.75, 3.05) is 28.4 Å². The number of Topliss-reactive ketones (excluding diaryl/α,β-unsaturated/α-hetero) is 1. The van der Waals surface area contributed by atoms with Gasteiger partial charge in [0.05, 0.1) is 28.4 Å². The van der Waals surface area contributed by atoms with E-state index in [4.69, 9.17) is 18.9 Å². The van der Waals surface area contributed by atoms with Crippen molar-refractivity contribution in [3.8, 4) is 23.0 Å². The van der Waals surface area contributed by atoms with Gasteiger partial charge in [0.15, 0.2) is 17.3 Å². The molecule has 1 heterocycles. The molecule has 1 aliphatic heterocycles. The Morgan fingerprint density at radius 2 is 1.53 bits per heavy atom. The molecular weight excluding hydrogens is 410 g/mol. The molecule has 2 atom stereocenters. The summed E-state index contributed by atoms with van der Waals surface area (Å²) in [4.78, 5) is 26.1. The molecule has 2 unspecified atom stereocenters. The first-order valence-corrected chi connectivity index (χ1v) is 10.5. The number of benzene rings is 2. The quantitative estimate of drug-likeness (QED) is 0.742. The van der Waals surface area contributed by atoms with E-state index in [9.17, 15) is 9.59 Å². The molecule has 1 N–H and O–H groups in total. The van der Waals surface area contributed by atoms with Gasteiger partial charge in [-0.3, -0.25) is 9.59 Å². The number of carbonyl (C=O) groups excluding carboxylic acids is 2. The Morgan fingerprint density at radius 1 is 0.812 bits per heavy atom. The van der Waals surface area contributed by atoms with E-state index in [2.05, 4.69) is 5.32 Å². The van der Waals surface area contributed by atoms with E-state index < -0.39 is 5.92 Å². The van der Waals surface area contributed by atoms with Crippen molar-refractivity contribution >= 4 is 11.7 Å². The highest BCUT2D eigenvalue weighted by Gasteiger charge is 2.39. The lowest BCUT2D eigenvalue weighted by Gasteiger charge is -2.35. The summed E-state index contributed by atoms with van der Waals surface area (Å²) in [5.74, 6) is 1.82. The van der Waals surface area contributed by atoms with E-state index >= 15 is 0 Å². The topological polar surface area (TPSA) is 83.1 Å². The van der Waals surface area contributed by atoms with Crippen LogP contribution in [0.25, 0.3) is 0 Å². The number of methoxy groups -OCH3 is 4. The Bertz CT molecular complexity index is 1090. The van der Waals surface area contributed by atoms with Crippen molar-refractivity contribution in [3.05, 3.63) is 58.8 Å². The zero-order valence-corrected chi connectivity index (χ0v) is 18.7. The highest BCUT2D eigenvalue weighted by Crippen LogP contribution is 2.47. The first-order chi connectivity index (χ1) is 15.5. The van der Waals surface area contributed by atoms with Crippen molar-refractivity contribution in [2.24, 2.45) is 0 Å². The van der Waals surface area contributed by atoms with Crippen LogP contribution in [-0.4, -0.2) is 40.1 Å². The number of rotatable bonds is 6. The summed E-state index contributed by atoms with van der Waals surface area (Å²) >= 11 is 0. The van der Waals surface area contributed by atoms with Gasteiger partial charge in [0.25, 0.3) is 0 Å². The average Bonchev–Trinajstić information content (AvgIpc) is 2.82. The van der Waals surface area contributed by atoms with Crippen LogP contribution in [0.5, 0.6) is 23.0 Å². The molecule has 32 heavy (non-hydrogen) atoms. The summed E-state index contributed by atoms with van der Waals surface area (Å²) in [6.45, 7) is 0. The van der Waals surface area contributed by atoms with Gasteiger partial charge in [-0.05, 0) is 36.1 Å². The lowest BCUT2D eigenvalue weighted by Crippen LogP contribution is -2.38. The molecule has 2 aromatic carbocycles. The molecule has 168 valence electrons. The van der Waals surface area contributed by atoms with Gasteiger partial charge >= 0.3 is 0 Å². The fraction of sp³-hybridized carbons (Fsp3) is 0.360. The number of amides is 1. The maximum absolute atomic E-state index is 13.4. The van der Waals surface area contributed by atoms with Gasteiger partial charge < -0.3 is 24.3 Å². The normalized spacial score (nSPS) is 20.4. The first kappa shape index (κ1) is 21.7. The summed E-state index contributed by atoms with van der Waals surface area (Å²) in [5, 5.41) is 2.96. The molecule has 0 fully saturated rings. The van der Waals surface area contributed by atoms with Gasteiger partial charge in [-0.1, -0.05) is 12.1 Å². The highest BCUT2D eigenvalue weighted by atomic mass is 16.5. The predicted molar refractivity (Wildman–Crippen MR) is 119 cm³/mol. The molecule has 7 heteroatoms. The third-order valence-electron chi connectivity index (χ3n) is 6.21. The Hall–Kier alpha value is -3.48. The summed E-state index contributed by atoms with van der Waals surface area (Å²) in [6, 6.07) is 11.3. The minimum absolute atomic E-state index is 0.0253. The van der Waals surface area contributed by atoms with Crippen LogP contribution < -0.4 is 24.3 Å². The Kier molecular flexibility index (Phi) is 6.08. The monoisotopic (exact) mass is 437 g/mol. The Morgan fingerprint density at radius 3 is 2.22 bits per heavy atom. The van der Waals surface area contributed by atoms with Gasteiger partial charge in [0.2, 0.25) is 5.91 Å². The second-order valence-corrected chi connectivity index (χ2v) is 7.95. The van der Waals surface area contributed by atoms with Crippen molar-refractivity contribution in [3.63, 3.8) is 0 Å².